The van der Waals surface area contributed by atoms with Gasteiger partial charge in [-0.15, -0.1) is 0 Å². The van der Waals surface area contributed by atoms with Gasteiger partial charge < -0.3 is 18.9 Å². The number of ether oxygens (including phenoxy) is 2. The van der Waals surface area contributed by atoms with Gasteiger partial charge >= 0.3 is 0 Å². The number of aliphatic imine (C=N–C) groups is 1. The molecule has 2 heterocycles. The summed E-state index contributed by atoms with van der Waals surface area (Å²) in [5.41, 5.74) is 1.79. The molecule has 2 aromatic rings. The molecule has 2 fully saturated rings. The van der Waals surface area contributed by atoms with E-state index in [-0.39, 0.29) is 9.80 Å². The number of likely N-dealkylation sites (tertiary alicyclic amines) is 1. The highest BCUT2D eigenvalue weighted by Gasteiger charge is 2.32. The van der Waals surface area contributed by atoms with Gasteiger partial charge in [0, 0.05) is 43.9 Å². The maximum absolute atomic E-state index is 14.0. The first-order chi connectivity index (χ1) is 19.3. The summed E-state index contributed by atoms with van der Waals surface area (Å²) in [5, 5.41) is 0. The van der Waals surface area contributed by atoms with E-state index in [9.17, 15) is 13.0 Å². The van der Waals surface area contributed by atoms with Gasteiger partial charge in [0.25, 0.3) is 0 Å². The fourth-order valence-corrected chi connectivity index (χ4v) is 7.24. The summed E-state index contributed by atoms with van der Waals surface area (Å²) >= 11 is -1.24. The van der Waals surface area contributed by atoms with Crippen LogP contribution in [0.15, 0.2) is 62.2 Å². The Morgan fingerprint density at radius 2 is 1.80 bits per heavy atom. The van der Waals surface area contributed by atoms with Crippen LogP contribution in [0.2, 0.25) is 0 Å². The molecule has 0 bridgehead atoms. The van der Waals surface area contributed by atoms with Crippen LogP contribution >= 0.6 is 0 Å². The first-order valence-electron chi connectivity index (χ1n) is 14.0. The van der Waals surface area contributed by atoms with E-state index in [1.807, 2.05) is 0 Å². The maximum atomic E-state index is 14.0. The van der Waals surface area contributed by atoms with E-state index in [4.69, 9.17) is 9.47 Å². The third-order valence-electron chi connectivity index (χ3n) is 7.71. The molecule has 1 atom stereocenters. The molecule has 10 heteroatoms. The Bertz CT molecular complexity index is 1280. The quantitative estimate of drug-likeness (QED) is 0.210. The average molecular weight is 588 g/mol. The molecular formula is C30H41N3O5S2. The predicted molar refractivity (Wildman–Crippen MR) is 162 cm³/mol. The van der Waals surface area contributed by atoms with Gasteiger partial charge in [0.15, 0.2) is 4.90 Å². The summed E-state index contributed by atoms with van der Waals surface area (Å²) < 4.78 is 51.8. The molecule has 0 radical (unpaired) electrons. The third-order valence-corrected chi connectivity index (χ3v) is 10.5. The lowest BCUT2D eigenvalue weighted by molar-refractivity contribution is 0.00485. The number of hydrogen-bond acceptors (Lipinski definition) is 8. The Kier molecular flexibility index (Phi) is 10.7. The molecule has 2 saturated heterocycles. The molecule has 218 valence electrons. The lowest BCUT2D eigenvalue weighted by Crippen LogP contribution is -2.48. The molecule has 2 aliphatic heterocycles. The number of hydrogen-bond donors (Lipinski definition) is 0. The number of nitrogens with zero attached hydrogens (tertiary/aromatic N) is 3. The standard InChI is InChI=1S/C30H41N3O5S2/c1-5-6-19-38-25-7-10-27(11-8-25)40(35,36)23(2)30(28-22-26(39(4)34)9-12-29(28)31-3)33-15-13-24(14-16-33)32-17-20-37-21-18-32/h7-12,22,24H,3,5-6,13-21H2,1-2,4H3/b30-23-. The minimum atomic E-state index is -3.85. The second kappa shape index (κ2) is 14.0. The van der Waals surface area contributed by atoms with Crippen molar-refractivity contribution in [3.05, 3.63) is 52.9 Å². The van der Waals surface area contributed by atoms with Crippen LogP contribution in [0.4, 0.5) is 5.69 Å². The van der Waals surface area contributed by atoms with Crippen LogP contribution in [0.25, 0.3) is 5.70 Å². The summed E-state index contributed by atoms with van der Waals surface area (Å²) in [6.45, 7) is 12.8. The zero-order valence-electron chi connectivity index (χ0n) is 23.8. The molecule has 0 N–H and O–H groups in total. The summed E-state index contributed by atoms with van der Waals surface area (Å²) in [5.74, 6) is 0.649. The molecule has 40 heavy (non-hydrogen) atoms. The van der Waals surface area contributed by atoms with Crippen molar-refractivity contribution in [1.29, 1.82) is 0 Å². The molecule has 4 rings (SSSR count). The van der Waals surface area contributed by atoms with E-state index in [1.54, 1.807) is 55.6 Å². The summed E-state index contributed by atoms with van der Waals surface area (Å²) in [4.78, 5) is 9.90. The fourth-order valence-electron chi connectivity index (χ4n) is 5.35. The summed E-state index contributed by atoms with van der Waals surface area (Å²) in [6.07, 6.45) is 5.41. The normalized spacial score (nSPS) is 18.8. The second-order valence-corrected chi connectivity index (χ2v) is 13.7. The van der Waals surface area contributed by atoms with Crippen molar-refractivity contribution in [3.63, 3.8) is 0 Å². The Hall–Kier alpha value is -2.37. The second-order valence-electron chi connectivity index (χ2n) is 10.2. The SMILES string of the molecule is C=Nc1ccc([S+](C)[O-])cc1/C(=C(\C)S(=O)(=O)c1ccc(OCCCC)cc1)N1CCC(N2CCOCC2)CC1. The van der Waals surface area contributed by atoms with Gasteiger partial charge in [0.05, 0.1) is 41.0 Å². The molecule has 8 nitrogen and oxygen atoms in total. The van der Waals surface area contributed by atoms with Gasteiger partial charge in [-0.05, 0) is 80.5 Å². The zero-order chi connectivity index (χ0) is 28.7. The number of morpholine rings is 1. The van der Waals surface area contributed by atoms with Gasteiger partial charge in [0.1, 0.15) is 12.0 Å². The minimum Gasteiger partial charge on any atom is -0.612 e. The number of benzene rings is 2. The van der Waals surface area contributed by atoms with E-state index < -0.39 is 21.0 Å². The number of rotatable bonds is 11. The highest BCUT2D eigenvalue weighted by atomic mass is 32.2. The number of piperidine rings is 1. The van der Waals surface area contributed by atoms with E-state index in [1.165, 1.54) is 0 Å². The third kappa shape index (κ3) is 7.09. The molecule has 0 aromatic heterocycles. The van der Waals surface area contributed by atoms with Crippen LogP contribution < -0.4 is 4.74 Å². The maximum Gasteiger partial charge on any atom is 0.204 e. The van der Waals surface area contributed by atoms with Crippen molar-refractivity contribution >= 4 is 39.1 Å². The van der Waals surface area contributed by atoms with Crippen molar-refractivity contribution in [2.24, 2.45) is 4.99 Å². The van der Waals surface area contributed by atoms with Crippen LogP contribution in [0.5, 0.6) is 5.75 Å². The smallest absolute Gasteiger partial charge is 0.204 e. The zero-order valence-corrected chi connectivity index (χ0v) is 25.4. The monoisotopic (exact) mass is 587 g/mol. The minimum absolute atomic E-state index is 0.205. The Balaban J connectivity index is 1.72. The molecule has 1 unspecified atom stereocenters. The summed E-state index contributed by atoms with van der Waals surface area (Å²) in [6, 6.07) is 12.4. The van der Waals surface area contributed by atoms with Crippen LogP contribution in [-0.4, -0.2) is 87.8 Å². The van der Waals surface area contributed by atoms with Gasteiger partial charge in [-0.25, -0.2) is 8.42 Å². The van der Waals surface area contributed by atoms with Gasteiger partial charge in [-0.1, -0.05) is 13.3 Å². The predicted octanol–water partition coefficient (Wildman–Crippen LogP) is 4.89. The molecular weight excluding hydrogens is 546 g/mol. The van der Waals surface area contributed by atoms with Crippen molar-refractivity contribution in [2.75, 3.05) is 52.3 Å². The van der Waals surface area contributed by atoms with Gasteiger partial charge in [-0.2, -0.15) is 0 Å². The van der Waals surface area contributed by atoms with E-state index in [2.05, 4.69) is 28.4 Å². The van der Waals surface area contributed by atoms with Crippen molar-refractivity contribution in [1.82, 2.24) is 9.80 Å². The first-order valence-corrected chi connectivity index (χ1v) is 17.0. The van der Waals surface area contributed by atoms with Gasteiger partial charge in [-0.3, -0.25) is 9.89 Å². The first kappa shape index (κ1) is 30.6. The fraction of sp³-hybridized carbons (Fsp3) is 0.500. The highest BCUT2D eigenvalue weighted by molar-refractivity contribution is 7.95. The molecule has 2 aromatic carbocycles. The number of allylic oxidation sites excluding steroid dienone is 1. The van der Waals surface area contributed by atoms with Crippen LogP contribution in [-0.2, 0) is 25.7 Å². The van der Waals surface area contributed by atoms with Crippen molar-refractivity contribution in [2.45, 2.75) is 55.4 Å². The molecule has 2 aliphatic rings. The average Bonchev–Trinajstić information content (AvgIpc) is 2.98. The number of sulfone groups is 1. The van der Waals surface area contributed by atoms with E-state index in [0.717, 1.165) is 52.0 Å². The molecule has 0 amide bonds. The molecule has 0 spiro atoms. The Morgan fingerprint density at radius 3 is 2.40 bits per heavy atom. The van der Waals surface area contributed by atoms with Crippen molar-refractivity contribution < 1.29 is 22.4 Å². The molecule has 0 saturated carbocycles. The lowest BCUT2D eigenvalue weighted by Gasteiger charge is -2.42. The van der Waals surface area contributed by atoms with E-state index in [0.29, 0.717) is 53.3 Å². The van der Waals surface area contributed by atoms with Crippen LogP contribution in [0.1, 0.15) is 45.1 Å². The van der Waals surface area contributed by atoms with E-state index >= 15 is 0 Å². The van der Waals surface area contributed by atoms with Crippen molar-refractivity contribution in [3.8, 4) is 5.75 Å². The largest absolute Gasteiger partial charge is 0.612 e. The lowest BCUT2D eigenvalue weighted by atomic mass is 9.99. The highest BCUT2D eigenvalue weighted by Crippen LogP contribution is 2.38. The summed E-state index contributed by atoms with van der Waals surface area (Å²) in [7, 11) is -3.85. The van der Waals surface area contributed by atoms with Crippen LogP contribution in [0, 0.1) is 0 Å². The van der Waals surface area contributed by atoms with Crippen LogP contribution in [0.3, 0.4) is 0 Å². The Labute approximate surface area is 242 Å². The Morgan fingerprint density at radius 1 is 1.12 bits per heavy atom. The topological polar surface area (TPSA) is 94.5 Å². The van der Waals surface area contributed by atoms with Gasteiger partial charge in [0.2, 0.25) is 9.84 Å². The number of unbranched alkanes of at least 4 members (excludes halogenated alkanes) is 1. The molecule has 0 aliphatic carbocycles.